The van der Waals surface area contributed by atoms with Crippen molar-refractivity contribution in [2.75, 3.05) is 0 Å². The summed E-state index contributed by atoms with van der Waals surface area (Å²) in [5.74, 6) is 0.281. The maximum Gasteiger partial charge on any atom is 0.320 e. The van der Waals surface area contributed by atoms with Gasteiger partial charge in [0.2, 0.25) is 0 Å². The number of hydrogen-bond donors (Lipinski definition) is 2. The molecule has 5 aliphatic carbocycles. The van der Waals surface area contributed by atoms with Crippen molar-refractivity contribution < 1.29 is 24.5 Å². The Balaban J connectivity index is 1.60. The van der Waals surface area contributed by atoms with Gasteiger partial charge in [0.15, 0.2) is 5.92 Å². The minimum atomic E-state index is -1.36. The topological polar surface area (TPSA) is 83.8 Å². The third kappa shape index (κ3) is 0.618. The first-order valence-electron chi connectivity index (χ1n) is 7.22. The molecule has 5 saturated carbocycles. The fourth-order valence-electron chi connectivity index (χ4n) is 8.03. The van der Waals surface area contributed by atoms with Gasteiger partial charge in [0, 0.05) is 0 Å². The van der Waals surface area contributed by atoms with Gasteiger partial charge in [0.25, 0.3) is 0 Å². The summed E-state index contributed by atoms with van der Waals surface area (Å²) in [5.41, 5.74) is -0.852. The second-order valence-corrected chi connectivity index (χ2v) is 7.47. The second kappa shape index (κ2) is 2.32. The molecule has 0 aromatic carbocycles. The quantitative estimate of drug-likeness (QED) is 0.714. The van der Waals surface area contributed by atoms with Crippen LogP contribution in [-0.4, -0.2) is 33.9 Å². The molecule has 7 fully saturated rings. The number of ether oxygens (including phenoxy) is 1. The minimum Gasteiger partial charge on any atom is -0.481 e. The average molecular weight is 262 g/mol. The van der Waals surface area contributed by atoms with Gasteiger partial charge in [0.1, 0.15) is 0 Å². The van der Waals surface area contributed by atoms with E-state index >= 15 is 0 Å². The molecule has 19 heavy (non-hydrogen) atoms. The molecule has 9 unspecified atom stereocenters. The lowest BCUT2D eigenvalue weighted by molar-refractivity contribution is -0.173. The van der Waals surface area contributed by atoms with E-state index < -0.39 is 23.5 Å². The zero-order chi connectivity index (χ0) is 12.8. The van der Waals surface area contributed by atoms with Crippen LogP contribution in [0.15, 0.2) is 0 Å². The van der Waals surface area contributed by atoms with Crippen LogP contribution in [0, 0.1) is 53.3 Å². The van der Waals surface area contributed by atoms with Gasteiger partial charge in [-0.15, -0.1) is 0 Å². The Bertz CT molecular complexity index is 548. The van der Waals surface area contributed by atoms with Crippen LogP contribution in [0.4, 0.5) is 0 Å². The first-order valence-corrected chi connectivity index (χ1v) is 7.22. The number of hydrogen-bond acceptors (Lipinski definition) is 3. The van der Waals surface area contributed by atoms with E-state index in [4.69, 9.17) is 4.74 Å². The number of carboxylic acids is 2. The first-order chi connectivity index (χ1) is 9.09. The van der Waals surface area contributed by atoms with Gasteiger partial charge in [-0.25, -0.2) is 0 Å². The summed E-state index contributed by atoms with van der Waals surface area (Å²) < 4.78 is 6.18. The molecule has 7 aliphatic rings. The van der Waals surface area contributed by atoms with Crippen LogP contribution >= 0.6 is 0 Å². The molecule has 5 heteroatoms. The highest BCUT2D eigenvalue weighted by molar-refractivity contribution is 5.95. The highest BCUT2D eigenvalue weighted by atomic mass is 16.5. The molecule has 4 bridgehead atoms. The molecule has 2 heterocycles. The molecule has 2 saturated heterocycles. The molecule has 0 aromatic heterocycles. The van der Waals surface area contributed by atoms with Crippen molar-refractivity contribution in [3.63, 3.8) is 0 Å². The van der Waals surface area contributed by atoms with Crippen molar-refractivity contribution in [1.29, 1.82) is 0 Å². The van der Waals surface area contributed by atoms with E-state index in [-0.39, 0.29) is 17.9 Å². The summed E-state index contributed by atoms with van der Waals surface area (Å²) in [6.07, 6.45) is 1.40. The van der Waals surface area contributed by atoms with E-state index in [9.17, 15) is 19.8 Å². The maximum absolute atomic E-state index is 11.5. The molecular formula is C14H14O5. The van der Waals surface area contributed by atoms with Crippen molar-refractivity contribution in [3.05, 3.63) is 0 Å². The van der Waals surface area contributed by atoms with Crippen molar-refractivity contribution in [3.8, 4) is 0 Å². The van der Waals surface area contributed by atoms with Crippen LogP contribution in [-0.2, 0) is 14.3 Å². The molecule has 7 rings (SSSR count). The Morgan fingerprint density at radius 3 is 2.42 bits per heavy atom. The highest BCUT2D eigenvalue weighted by Gasteiger charge is 2.94. The Kier molecular flexibility index (Phi) is 1.19. The summed E-state index contributed by atoms with van der Waals surface area (Å²) >= 11 is 0. The number of carboxylic acid groups (broad SMARTS) is 2. The molecule has 100 valence electrons. The minimum absolute atomic E-state index is 0.190. The lowest BCUT2D eigenvalue weighted by atomic mass is 9.55. The van der Waals surface area contributed by atoms with Crippen LogP contribution in [0.25, 0.3) is 0 Å². The zero-order valence-corrected chi connectivity index (χ0v) is 10.1. The van der Waals surface area contributed by atoms with Gasteiger partial charge in [-0.1, -0.05) is 0 Å². The Hall–Kier alpha value is -1.10. The monoisotopic (exact) mass is 262 g/mol. The van der Waals surface area contributed by atoms with Crippen LogP contribution in [0.3, 0.4) is 0 Å². The lowest BCUT2D eigenvalue weighted by Gasteiger charge is -2.46. The molecule has 0 radical (unpaired) electrons. The van der Waals surface area contributed by atoms with Gasteiger partial charge in [-0.3, -0.25) is 9.59 Å². The number of aliphatic carboxylic acids is 2. The fraction of sp³-hybridized carbons (Fsp3) is 0.857. The van der Waals surface area contributed by atoms with Gasteiger partial charge < -0.3 is 14.9 Å². The van der Waals surface area contributed by atoms with E-state index in [1.807, 2.05) is 0 Å². The molecule has 0 amide bonds. The average Bonchev–Trinajstić information content (AvgIpc) is 2.87. The van der Waals surface area contributed by atoms with Crippen molar-refractivity contribution in [2.24, 2.45) is 53.3 Å². The lowest BCUT2D eigenvalue weighted by Crippen LogP contribution is -2.56. The standard InChI is InChI=1S/C14H14O5/c15-12(16)10(13(17)18)14-8-3-1-2-4-5(3)9(14)7(4)11(19-14)6(2)8/h2-11H,1H2,(H,15,16)(H,17,18)/t2-,3?,4?,5?,6?,7?,8?,9?,11?,14?/m1/s1. The zero-order valence-electron chi connectivity index (χ0n) is 10.1. The van der Waals surface area contributed by atoms with E-state index in [1.165, 1.54) is 6.42 Å². The summed E-state index contributed by atoms with van der Waals surface area (Å²) in [5, 5.41) is 18.8. The SMILES string of the molecule is O=C(O)C(C(=O)O)C12OC3C4C5C(C6C[C@H]5C3C61)C42. The van der Waals surface area contributed by atoms with Gasteiger partial charge >= 0.3 is 11.9 Å². The Morgan fingerprint density at radius 2 is 1.74 bits per heavy atom. The van der Waals surface area contributed by atoms with E-state index in [2.05, 4.69) is 0 Å². The summed E-state index contributed by atoms with van der Waals surface area (Å²) in [4.78, 5) is 23.1. The molecule has 10 atom stereocenters. The van der Waals surface area contributed by atoms with Gasteiger partial charge in [0.05, 0.1) is 11.7 Å². The fourth-order valence-corrected chi connectivity index (χ4v) is 8.03. The number of carbonyl (C=O) groups is 2. The molecule has 0 aromatic rings. The molecule has 0 spiro atoms. The largest absolute Gasteiger partial charge is 0.481 e. The van der Waals surface area contributed by atoms with E-state index in [0.29, 0.717) is 23.7 Å². The number of rotatable bonds is 3. The van der Waals surface area contributed by atoms with Crippen LogP contribution < -0.4 is 0 Å². The molecular weight excluding hydrogens is 248 g/mol. The molecule has 2 aliphatic heterocycles. The maximum atomic E-state index is 11.5. The predicted molar refractivity (Wildman–Crippen MR) is 58.9 cm³/mol. The third-order valence-corrected chi connectivity index (χ3v) is 7.71. The van der Waals surface area contributed by atoms with E-state index in [0.717, 1.165) is 11.8 Å². The Labute approximate surface area is 108 Å². The van der Waals surface area contributed by atoms with Gasteiger partial charge in [-0.2, -0.15) is 0 Å². The first kappa shape index (κ1) is 9.75. The van der Waals surface area contributed by atoms with Gasteiger partial charge in [-0.05, 0) is 53.8 Å². The van der Waals surface area contributed by atoms with Crippen molar-refractivity contribution in [1.82, 2.24) is 0 Å². The van der Waals surface area contributed by atoms with Crippen LogP contribution in [0.2, 0.25) is 0 Å². The summed E-state index contributed by atoms with van der Waals surface area (Å²) in [6.45, 7) is 0. The summed E-state index contributed by atoms with van der Waals surface area (Å²) in [7, 11) is 0. The van der Waals surface area contributed by atoms with E-state index in [1.54, 1.807) is 0 Å². The highest BCUT2D eigenvalue weighted by Crippen LogP contribution is 2.91. The molecule has 2 N–H and O–H groups in total. The summed E-state index contributed by atoms with van der Waals surface area (Å²) in [6, 6.07) is 0. The Morgan fingerprint density at radius 1 is 1.00 bits per heavy atom. The normalized spacial score (nSPS) is 67.5. The predicted octanol–water partition coefficient (Wildman–Crippen LogP) is 0.297. The van der Waals surface area contributed by atoms with Crippen LogP contribution in [0.1, 0.15) is 6.42 Å². The third-order valence-electron chi connectivity index (χ3n) is 7.71. The van der Waals surface area contributed by atoms with Crippen LogP contribution in [0.5, 0.6) is 0 Å². The molecule has 5 nitrogen and oxygen atoms in total. The smallest absolute Gasteiger partial charge is 0.320 e. The van der Waals surface area contributed by atoms with Crippen molar-refractivity contribution >= 4 is 11.9 Å². The van der Waals surface area contributed by atoms with Crippen molar-refractivity contribution in [2.45, 2.75) is 18.1 Å². The second-order valence-electron chi connectivity index (χ2n) is 7.47.